The lowest BCUT2D eigenvalue weighted by atomic mass is 10.4. The van der Waals surface area contributed by atoms with Crippen molar-refractivity contribution in [1.29, 1.82) is 5.53 Å². The Morgan fingerprint density at radius 1 is 1.31 bits per heavy atom. The zero-order valence-corrected chi connectivity index (χ0v) is 7.40. The van der Waals surface area contributed by atoms with Gasteiger partial charge in [0.15, 0.2) is 0 Å². The molecule has 2 heterocycles. The summed E-state index contributed by atoms with van der Waals surface area (Å²) < 4.78 is 0. The minimum Gasteiger partial charge on any atom is -0.357 e. The van der Waals surface area contributed by atoms with Crippen molar-refractivity contribution < 1.29 is 0 Å². The van der Waals surface area contributed by atoms with E-state index in [9.17, 15) is 0 Å². The SMILES string of the molecule is N=Nc1ccc(N2CCCC2)nc1. The molecule has 0 spiro atoms. The van der Waals surface area contributed by atoms with Crippen molar-refractivity contribution in [2.75, 3.05) is 18.0 Å². The zero-order valence-electron chi connectivity index (χ0n) is 7.40. The summed E-state index contributed by atoms with van der Waals surface area (Å²) in [5, 5.41) is 3.31. The molecule has 0 saturated carbocycles. The van der Waals surface area contributed by atoms with Gasteiger partial charge >= 0.3 is 0 Å². The highest BCUT2D eigenvalue weighted by atomic mass is 15.2. The number of rotatable bonds is 2. The molecule has 2 rings (SSSR count). The molecule has 1 aromatic heterocycles. The van der Waals surface area contributed by atoms with E-state index in [0.717, 1.165) is 18.9 Å². The quantitative estimate of drug-likeness (QED) is 0.703. The number of nitrogens with one attached hydrogen (secondary N) is 1. The fraction of sp³-hybridized carbons (Fsp3) is 0.444. The van der Waals surface area contributed by atoms with E-state index in [0.29, 0.717) is 5.69 Å². The van der Waals surface area contributed by atoms with Crippen molar-refractivity contribution in [2.24, 2.45) is 5.11 Å². The van der Waals surface area contributed by atoms with Crippen LogP contribution in [-0.2, 0) is 0 Å². The first-order valence-electron chi connectivity index (χ1n) is 4.48. The molecule has 0 radical (unpaired) electrons. The Bertz CT molecular complexity index is 287. The number of anilines is 1. The highest BCUT2D eigenvalue weighted by Crippen LogP contribution is 2.19. The number of aromatic nitrogens is 1. The van der Waals surface area contributed by atoms with Gasteiger partial charge in [-0.1, -0.05) is 0 Å². The topological polar surface area (TPSA) is 52.3 Å². The molecule has 1 N–H and O–H groups in total. The maximum atomic E-state index is 6.79. The van der Waals surface area contributed by atoms with E-state index in [1.807, 2.05) is 12.1 Å². The smallest absolute Gasteiger partial charge is 0.128 e. The molecule has 0 aliphatic carbocycles. The van der Waals surface area contributed by atoms with Crippen molar-refractivity contribution in [2.45, 2.75) is 12.8 Å². The van der Waals surface area contributed by atoms with Gasteiger partial charge in [-0.15, -0.1) is 0 Å². The first-order valence-corrected chi connectivity index (χ1v) is 4.48. The van der Waals surface area contributed by atoms with Crippen LogP contribution in [0.25, 0.3) is 0 Å². The van der Waals surface area contributed by atoms with Gasteiger partial charge in [-0.3, -0.25) is 0 Å². The summed E-state index contributed by atoms with van der Waals surface area (Å²) in [4.78, 5) is 6.50. The van der Waals surface area contributed by atoms with Crippen molar-refractivity contribution in [1.82, 2.24) is 4.98 Å². The summed E-state index contributed by atoms with van der Waals surface area (Å²) in [6, 6.07) is 3.76. The number of nitrogens with zero attached hydrogens (tertiary/aromatic N) is 3. The minimum absolute atomic E-state index is 0.614. The third-order valence-corrected chi connectivity index (χ3v) is 2.29. The summed E-state index contributed by atoms with van der Waals surface area (Å²) in [5.41, 5.74) is 7.41. The molecule has 0 atom stereocenters. The molecule has 4 heteroatoms. The molecule has 0 aromatic carbocycles. The fourth-order valence-electron chi connectivity index (χ4n) is 1.58. The van der Waals surface area contributed by atoms with Gasteiger partial charge in [-0.2, -0.15) is 5.11 Å². The van der Waals surface area contributed by atoms with E-state index in [4.69, 9.17) is 5.53 Å². The van der Waals surface area contributed by atoms with Crippen molar-refractivity contribution >= 4 is 11.5 Å². The van der Waals surface area contributed by atoms with Crippen LogP contribution in [0, 0.1) is 5.53 Å². The van der Waals surface area contributed by atoms with Crippen LogP contribution >= 0.6 is 0 Å². The highest BCUT2D eigenvalue weighted by Gasteiger charge is 2.12. The van der Waals surface area contributed by atoms with Gasteiger partial charge in [-0.05, 0) is 25.0 Å². The fourth-order valence-corrected chi connectivity index (χ4v) is 1.58. The molecule has 1 aromatic rings. The second kappa shape index (κ2) is 3.51. The molecule has 13 heavy (non-hydrogen) atoms. The third kappa shape index (κ3) is 1.66. The first-order chi connectivity index (χ1) is 6.40. The maximum absolute atomic E-state index is 6.79. The van der Waals surface area contributed by atoms with Gasteiger partial charge in [0.25, 0.3) is 0 Å². The lowest BCUT2D eigenvalue weighted by molar-refractivity contribution is 0.936. The Kier molecular flexibility index (Phi) is 2.21. The zero-order chi connectivity index (χ0) is 9.10. The van der Waals surface area contributed by atoms with Gasteiger partial charge in [0.1, 0.15) is 11.5 Å². The monoisotopic (exact) mass is 176 g/mol. The van der Waals surface area contributed by atoms with E-state index >= 15 is 0 Å². The van der Waals surface area contributed by atoms with Gasteiger partial charge in [0.2, 0.25) is 0 Å². The van der Waals surface area contributed by atoms with Gasteiger partial charge in [0.05, 0.1) is 6.20 Å². The summed E-state index contributed by atoms with van der Waals surface area (Å²) in [5.74, 6) is 1.00. The van der Waals surface area contributed by atoms with Gasteiger partial charge in [-0.25, -0.2) is 10.5 Å². The van der Waals surface area contributed by atoms with Crippen LogP contribution in [0.5, 0.6) is 0 Å². The molecule has 4 nitrogen and oxygen atoms in total. The Hall–Kier alpha value is -1.45. The largest absolute Gasteiger partial charge is 0.357 e. The number of hydrogen-bond acceptors (Lipinski definition) is 4. The predicted molar refractivity (Wildman–Crippen MR) is 50.5 cm³/mol. The number of pyridine rings is 1. The molecule has 1 aliphatic heterocycles. The standard InChI is InChI=1S/C9H12N4/c10-12-8-3-4-9(11-7-8)13-5-1-2-6-13/h3-4,7,10H,1-2,5-6H2. The molecule has 0 amide bonds. The lowest BCUT2D eigenvalue weighted by Crippen LogP contribution is -2.18. The minimum atomic E-state index is 0.614. The van der Waals surface area contributed by atoms with E-state index < -0.39 is 0 Å². The molecule has 1 saturated heterocycles. The summed E-state index contributed by atoms with van der Waals surface area (Å²) in [6.45, 7) is 2.20. The Balaban J connectivity index is 2.16. The van der Waals surface area contributed by atoms with Crippen LogP contribution in [0.15, 0.2) is 23.4 Å². The molecule has 0 bridgehead atoms. The first kappa shape index (κ1) is 8.16. The second-order valence-electron chi connectivity index (χ2n) is 3.18. The van der Waals surface area contributed by atoms with Crippen LogP contribution in [-0.4, -0.2) is 18.1 Å². The Labute approximate surface area is 77.1 Å². The van der Waals surface area contributed by atoms with E-state index in [2.05, 4.69) is 15.0 Å². The van der Waals surface area contributed by atoms with Crippen molar-refractivity contribution in [3.05, 3.63) is 18.3 Å². The van der Waals surface area contributed by atoms with Crippen LogP contribution in [0.1, 0.15) is 12.8 Å². The van der Waals surface area contributed by atoms with Crippen LogP contribution in [0.3, 0.4) is 0 Å². The van der Waals surface area contributed by atoms with E-state index in [-0.39, 0.29) is 0 Å². The lowest BCUT2D eigenvalue weighted by Gasteiger charge is -2.15. The maximum Gasteiger partial charge on any atom is 0.128 e. The van der Waals surface area contributed by atoms with E-state index in [1.54, 1.807) is 6.20 Å². The van der Waals surface area contributed by atoms with Gasteiger partial charge < -0.3 is 4.90 Å². The van der Waals surface area contributed by atoms with Crippen molar-refractivity contribution in [3.8, 4) is 0 Å². The normalized spacial score (nSPS) is 16.2. The van der Waals surface area contributed by atoms with Crippen molar-refractivity contribution in [3.63, 3.8) is 0 Å². The van der Waals surface area contributed by atoms with E-state index in [1.165, 1.54) is 12.8 Å². The molecule has 1 fully saturated rings. The highest BCUT2D eigenvalue weighted by molar-refractivity contribution is 5.45. The Morgan fingerprint density at radius 2 is 2.08 bits per heavy atom. The van der Waals surface area contributed by atoms with Crippen LogP contribution in [0.2, 0.25) is 0 Å². The molecule has 68 valence electrons. The average Bonchev–Trinajstić information content (AvgIpc) is 2.71. The summed E-state index contributed by atoms with van der Waals surface area (Å²) in [7, 11) is 0. The Morgan fingerprint density at radius 3 is 2.62 bits per heavy atom. The van der Waals surface area contributed by atoms with Crippen LogP contribution in [0.4, 0.5) is 11.5 Å². The van der Waals surface area contributed by atoms with Crippen LogP contribution < -0.4 is 4.90 Å². The van der Waals surface area contributed by atoms with Gasteiger partial charge in [0, 0.05) is 13.1 Å². The predicted octanol–water partition coefficient (Wildman–Crippen LogP) is 2.34. The molecular weight excluding hydrogens is 164 g/mol. The summed E-state index contributed by atoms with van der Waals surface area (Å²) >= 11 is 0. The summed E-state index contributed by atoms with van der Waals surface area (Å²) in [6.07, 6.45) is 4.15. The molecular formula is C9H12N4. The molecule has 0 unspecified atom stereocenters. The third-order valence-electron chi connectivity index (χ3n) is 2.29. The number of hydrogen-bond donors (Lipinski definition) is 1. The average molecular weight is 176 g/mol. The second-order valence-corrected chi connectivity index (χ2v) is 3.18. The molecule has 1 aliphatic rings.